The Labute approximate surface area is 108 Å². The Hall–Kier alpha value is -0.710. The van der Waals surface area contributed by atoms with Crippen LogP contribution in [0.4, 0.5) is 8.78 Å². The molecule has 0 aliphatic carbocycles. The molecule has 0 radical (unpaired) electrons. The summed E-state index contributed by atoms with van der Waals surface area (Å²) < 4.78 is 30.6. The van der Waals surface area contributed by atoms with E-state index in [4.69, 9.17) is 5.73 Å². The first kappa shape index (κ1) is 17.3. The number of esters is 1. The number of hydrogen-bond donors (Lipinski definition) is 1. The number of unbranched alkanes of at least 4 members (excludes halogenated alkanes) is 6. The van der Waals surface area contributed by atoms with Gasteiger partial charge in [-0.2, -0.15) is 8.78 Å². The van der Waals surface area contributed by atoms with Crippen LogP contribution in [0.1, 0.15) is 58.3 Å². The lowest BCUT2D eigenvalue weighted by Crippen LogP contribution is -2.47. The summed E-state index contributed by atoms with van der Waals surface area (Å²) in [5.41, 5.74) is 5.34. The van der Waals surface area contributed by atoms with E-state index in [9.17, 15) is 13.6 Å². The summed E-state index contributed by atoms with van der Waals surface area (Å²) >= 11 is 0. The molecule has 0 fully saturated rings. The number of rotatable bonds is 10. The van der Waals surface area contributed by atoms with Crippen LogP contribution in [-0.4, -0.2) is 25.0 Å². The second-order valence-corrected chi connectivity index (χ2v) is 4.63. The molecule has 0 saturated heterocycles. The third kappa shape index (κ3) is 6.28. The van der Waals surface area contributed by atoms with Crippen molar-refractivity contribution in [1.82, 2.24) is 0 Å². The van der Waals surface area contributed by atoms with Crippen LogP contribution in [0.2, 0.25) is 0 Å². The Bertz CT molecular complexity index is 235. The van der Waals surface area contributed by atoms with Crippen LogP contribution in [0.25, 0.3) is 0 Å². The molecule has 1 atom stereocenters. The molecule has 18 heavy (non-hydrogen) atoms. The highest BCUT2D eigenvalue weighted by atomic mass is 19.3. The number of halogens is 2. The summed E-state index contributed by atoms with van der Waals surface area (Å²) in [7, 11) is 0.941. The molecule has 0 spiro atoms. The highest BCUT2D eigenvalue weighted by molar-refractivity contribution is 5.78. The Balaban J connectivity index is 3.70. The predicted molar refractivity (Wildman–Crippen MR) is 67.5 cm³/mol. The number of carbonyl (C=O) groups excluding carboxylic acids is 1. The van der Waals surface area contributed by atoms with Gasteiger partial charge in [-0.3, -0.25) is 0 Å². The summed E-state index contributed by atoms with van der Waals surface area (Å²) in [5, 5.41) is 0. The maximum absolute atomic E-state index is 13.3. The van der Waals surface area contributed by atoms with Crippen LogP contribution in [0, 0.1) is 0 Å². The van der Waals surface area contributed by atoms with Crippen LogP contribution in [0.5, 0.6) is 0 Å². The predicted octanol–water partition coefficient (Wildman–Crippen LogP) is 3.26. The van der Waals surface area contributed by atoms with Crippen molar-refractivity contribution < 1.29 is 18.3 Å². The van der Waals surface area contributed by atoms with E-state index >= 15 is 0 Å². The number of ether oxygens (including phenoxy) is 1. The van der Waals surface area contributed by atoms with Crippen LogP contribution >= 0.6 is 0 Å². The Morgan fingerprint density at radius 1 is 1.17 bits per heavy atom. The van der Waals surface area contributed by atoms with E-state index in [-0.39, 0.29) is 6.42 Å². The number of methoxy groups -OCH3 is 1. The average molecular weight is 265 g/mol. The molecule has 0 aliphatic heterocycles. The number of alkyl halides is 2. The summed E-state index contributed by atoms with van der Waals surface area (Å²) in [4.78, 5) is 10.8. The molecular weight excluding hydrogens is 240 g/mol. The molecule has 0 saturated carbocycles. The molecule has 0 bridgehead atoms. The van der Waals surface area contributed by atoms with Gasteiger partial charge in [0.2, 0.25) is 0 Å². The minimum Gasteiger partial charge on any atom is -0.465 e. The first-order valence-corrected chi connectivity index (χ1v) is 6.68. The maximum Gasteiger partial charge on any atom is 0.378 e. The van der Waals surface area contributed by atoms with Gasteiger partial charge in [-0.15, -0.1) is 0 Å². The SMILES string of the molecule is CCCCCCCCCC(N)C(F)(F)C(=O)OC. The van der Waals surface area contributed by atoms with Gasteiger partial charge in [-0.1, -0.05) is 51.9 Å². The lowest BCUT2D eigenvalue weighted by atomic mass is 10.0. The standard InChI is InChI=1S/C13H25F2NO2/c1-3-4-5-6-7-8-9-10-11(16)13(14,15)12(17)18-2/h11H,3-10,16H2,1-2H3. The van der Waals surface area contributed by atoms with Crippen molar-refractivity contribution in [2.24, 2.45) is 5.73 Å². The van der Waals surface area contributed by atoms with E-state index in [0.29, 0.717) is 6.42 Å². The van der Waals surface area contributed by atoms with E-state index in [1.807, 2.05) is 0 Å². The fourth-order valence-corrected chi connectivity index (χ4v) is 1.79. The van der Waals surface area contributed by atoms with Crippen LogP contribution in [0.15, 0.2) is 0 Å². The molecule has 0 rings (SSSR count). The number of hydrogen-bond acceptors (Lipinski definition) is 3. The van der Waals surface area contributed by atoms with Gasteiger partial charge < -0.3 is 10.5 Å². The van der Waals surface area contributed by atoms with E-state index < -0.39 is 17.9 Å². The largest absolute Gasteiger partial charge is 0.465 e. The molecule has 0 aliphatic rings. The molecular formula is C13H25F2NO2. The summed E-state index contributed by atoms with van der Waals surface area (Å²) in [6.45, 7) is 2.15. The molecule has 108 valence electrons. The Morgan fingerprint density at radius 2 is 1.67 bits per heavy atom. The molecule has 0 heterocycles. The van der Waals surface area contributed by atoms with E-state index in [2.05, 4.69) is 11.7 Å². The average Bonchev–Trinajstić information content (AvgIpc) is 2.36. The van der Waals surface area contributed by atoms with Crippen molar-refractivity contribution in [3.8, 4) is 0 Å². The van der Waals surface area contributed by atoms with Crippen molar-refractivity contribution >= 4 is 5.97 Å². The lowest BCUT2D eigenvalue weighted by Gasteiger charge is -2.20. The van der Waals surface area contributed by atoms with Crippen molar-refractivity contribution in [2.45, 2.75) is 70.3 Å². The second-order valence-electron chi connectivity index (χ2n) is 4.63. The first-order chi connectivity index (χ1) is 8.46. The summed E-state index contributed by atoms with van der Waals surface area (Å²) in [5.74, 6) is -5.12. The van der Waals surface area contributed by atoms with E-state index in [1.54, 1.807) is 0 Å². The Morgan fingerprint density at radius 3 is 2.17 bits per heavy atom. The van der Waals surface area contributed by atoms with Gasteiger partial charge >= 0.3 is 11.9 Å². The highest BCUT2D eigenvalue weighted by Gasteiger charge is 2.46. The molecule has 2 N–H and O–H groups in total. The first-order valence-electron chi connectivity index (χ1n) is 6.68. The monoisotopic (exact) mass is 265 g/mol. The second kappa shape index (κ2) is 9.25. The van der Waals surface area contributed by atoms with Crippen molar-refractivity contribution in [3.63, 3.8) is 0 Å². The summed E-state index contributed by atoms with van der Waals surface area (Å²) in [6, 6.07) is -1.44. The van der Waals surface area contributed by atoms with Crippen molar-refractivity contribution in [2.75, 3.05) is 7.11 Å². The zero-order chi connectivity index (χ0) is 14.0. The van der Waals surface area contributed by atoms with E-state index in [1.165, 1.54) is 19.3 Å². The molecule has 0 aromatic rings. The Kier molecular flexibility index (Phi) is 8.89. The quantitative estimate of drug-likeness (QED) is 0.487. The molecule has 1 unspecified atom stereocenters. The van der Waals surface area contributed by atoms with Gasteiger partial charge in [0.15, 0.2) is 0 Å². The normalized spacial score (nSPS) is 13.4. The fourth-order valence-electron chi connectivity index (χ4n) is 1.79. The molecule has 0 amide bonds. The summed E-state index contributed by atoms with van der Waals surface area (Å²) in [6.07, 6.45) is 7.44. The van der Waals surface area contributed by atoms with Gasteiger partial charge in [-0.05, 0) is 6.42 Å². The number of carbonyl (C=O) groups is 1. The van der Waals surface area contributed by atoms with Crippen LogP contribution in [-0.2, 0) is 9.53 Å². The third-order valence-corrected chi connectivity index (χ3v) is 3.04. The minimum atomic E-state index is -3.57. The van der Waals surface area contributed by atoms with Crippen molar-refractivity contribution in [1.29, 1.82) is 0 Å². The van der Waals surface area contributed by atoms with E-state index in [0.717, 1.165) is 26.4 Å². The number of nitrogens with two attached hydrogens (primary N) is 1. The lowest BCUT2D eigenvalue weighted by molar-refractivity contribution is -0.172. The topological polar surface area (TPSA) is 52.3 Å². The van der Waals surface area contributed by atoms with Crippen LogP contribution in [0.3, 0.4) is 0 Å². The van der Waals surface area contributed by atoms with Gasteiger partial charge in [0.1, 0.15) is 0 Å². The molecule has 0 aromatic carbocycles. The molecule has 3 nitrogen and oxygen atoms in total. The van der Waals surface area contributed by atoms with Gasteiger partial charge in [0, 0.05) is 0 Å². The zero-order valence-corrected chi connectivity index (χ0v) is 11.4. The van der Waals surface area contributed by atoms with Gasteiger partial charge in [0.25, 0.3) is 0 Å². The highest BCUT2D eigenvalue weighted by Crippen LogP contribution is 2.23. The van der Waals surface area contributed by atoms with Gasteiger partial charge in [-0.25, -0.2) is 4.79 Å². The minimum absolute atomic E-state index is 0.149. The third-order valence-electron chi connectivity index (χ3n) is 3.04. The molecule has 5 heteroatoms. The maximum atomic E-state index is 13.3. The van der Waals surface area contributed by atoms with Crippen molar-refractivity contribution in [3.05, 3.63) is 0 Å². The smallest absolute Gasteiger partial charge is 0.378 e. The van der Waals surface area contributed by atoms with Gasteiger partial charge in [0.05, 0.1) is 13.2 Å². The zero-order valence-electron chi connectivity index (χ0n) is 11.4. The molecule has 0 aromatic heterocycles. The van der Waals surface area contributed by atoms with Crippen LogP contribution < -0.4 is 5.73 Å². The fraction of sp³-hybridized carbons (Fsp3) is 0.923.